The minimum Gasteiger partial charge on any atom is -0.354 e. The number of aryl methyl sites for hydroxylation is 1. The summed E-state index contributed by atoms with van der Waals surface area (Å²) in [6.07, 6.45) is 2.33. The van der Waals surface area contributed by atoms with Gasteiger partial charge in [0.2, 0.25) is 21.8 Å². The van der Waals surface area contributed by atoms with Crippen LogP contribution in [0.15, 0.2) is 78.9 Å². The van der Waals surface area contributed by atoms with E-state index in [9.17, 15) is 22.4 Å². The van der Waals surface area contributed by atoms with E-state index >= 15 is 0 Å². The molecule has 0 radical (unpaired) electrons. The van der Waals surface area contributed by atoms with Crippen molar-refractivity contribution in [2.75, 3.05) is 23.7 Å². The van der Waals surface area contributed by atoms with Gasteiger partial charge in [0.05, 0.1) is 11.9 Å². The highest BCUT2D eigenvalue weighted by Gasteiger charge is 2.31. The van der Waals surface area contributed by atoms with Gasteiger partial charge in [0.25, 0.3) is 0 Å². The summed E-state index contributed by atoms with van der Waals surface area (Å²) >= 11 is 0. The molecule has 7 nitrogen and oxygen atoms in total. The van der Waals surface area contributed by atoms with Crippen molar-refractivity contribution in [1.82, 2.24) is 10.2 Å². The second kappa shape index (κ2) is 14.6. The average molecular weight is 568 g/mol. The average Bonchev–Trinajstić information content (AvgIpc) is 2.93. The monoisotopic (exact) mass is 567 g/mol. The largest absolute Gasteiger partial charge is 0.354 e. The number of halogens is 1. The molecule has 0 aromatic heterocycles. The van der Waals surface area contributed by atoms with Crippen LogP contribution >= 0.6 is 0 Å². The van der Waals surface area contributed by atoms with Crippen LogP contribution in [0.1, 0.15) is 42.9 Å². The Labute approximate surface area is 237 Å². The molecule has 9 heteroatoms. The molecule has 1 N–H and O–H groups in total. The highest BCUT2D eigenvalue weighted by molar-refractivity contribution is 7.92. The van der Waals surface area contributed by atoms with E-state index in [1.165, 1.54) is 15.3 Å². The summed E-state index contributed by atoms with van der Waals surface area (Å²) in [4.78, 5) is 28.5. The number of sulfonamides is 1. The quantitative estimate of drug-likeness (QED) is 0.302. The van der Waals surface area contributed by atoms with Crippen molar-refractivity contribution in [3.8, 4) is 0 Å². The van der Waals surface area contributed by atoms with Crippen molar-refractivity contribution in [1.29, 1.82) is 0 Å². The summed E-state index contributed by atoms with van der Waals surface area (Å²) in [5.41, 5.74) is 2.69. The van der Waals surface area contributed by atoms with E-state index in [1.807, 2.05) is 56.3 Å². The number of hydrogen-bond donors (Lipinski definition) is 1. The number of rotatable bonds is 14. The number of amides is 2. The number of hydrogen-bond acceptors (Lipinski definition) is 4. The summed E-state index contributed by atoms with van der Waals surface area (Å²) in [6.45, 7) is 4.31. The van der Waals surface area contributed by atoms with E-state index in [1.54, 1.807) is 30.3 Å². The molecular formula is C31H38FN3O4S. The molecule has 0 aliphatic carbocycles. The number of carbonyl (C=O) groups is 2. The van der Waals surface area contributed by atoms with Crippen molar-refractivity contribution < 1.29 is 22.4 Å². The smallest absolute Gasteiger partial charge is 0.243 e. The molecule has 0 saturated heterocycles. The lowest BCUT2D eigenvalue weighted by Crippen LogP contribution is -2.50. The first-order valence-electron chi connectivity index (χ1n) is 13.5. The standard InChI is InChI=1S/C31H38FN3O4S/c1-4-20-33-31(37)29(22-25-11-6-5-7-12-25)34(23-26-13-8-9-14-28(26)32)30(36)15-10-21-35(40(3,38)39)27-18-16-24(2)17-19-27/h5-9,11-14,16-19,29H,4,10,15,20-23H2,1-3H3,(H,33,37). The van der Waals surface area contributed by atoms with E-state index in [-0.39, 0.29) is 44.2 Å². The Kier molecular flexibility index (Phi) is 11.3. The Morgan fingerprint density at radius 2 is 1.60 bits per heavy atom. The van der Waals surface area contributed by atoms with E-state index in [2.05, 4.69) is 5.32 Å². The number of anilines is 1. The fourth-order valence-corrected chi connectivity index (χ4v) is 5.41. The van der Waals surface area contributed by atoms with Gasteiger partial charge in [-0.3, -0.25) is 13.9 Å². The number of benzene rings is 3. The summed E-state index contributed by atoms with van der Waals surface area (Å²) in [5, 5.41) is 2.89. The zero-order valence-corrected chi connectivity index (χ0v) is 24.2. The Morgan fingerprint density at radius 3 is 2.23 bits per heavy atom. The molecule has 0 aliphatic heterocycles. The third-order valence-electron chi connectivity index (χ3n) is 6.59. The summed E-state index contributed by atoms with van der Waals surface area (Å²) < 4.78 is 41.1. The van der Waals surface area contributed by atoms with Crippen LogP contribution in [0.4, 0.5) is 10.1 Å². The fourth-order valence-electron chi connectivity index (χ4n) is 4.45. The van der Waals surface area contributed by atoms with Crippen molar-refractivity contribution in [3.05, 3.63) is 101 Å². The van der Waals surface area contributed by atoms with Crippen LogP contribution < -0.4 is 9.62 Å². The molecule has 0 saturated carbocycles. The molecule has 3 rings (SSSR count). The Hall–Kier alpha value is -3.72. The lowest BCUT2D eigenvalue weighted by molar-refractivity contribution is -0.141. The number of nitrogens with zero attached hydrogens (tertiary/aromatic N) is 2. The third-order valence-corrected chi connectivity index (χ3v) is 7.79. The molecule has 2 amide bonds. The molecule has 40 heavy (non-hydrogen) atoms. The first kappa shape index (κ1) is 30.8. The van der Waals surface area contributed by atoms with Crippen LogP contribution in [0.3, 0.4) is 0 Å². The first-order chi connectivity index (χ1) is 19.1. The van der Waals surface area contributed by atoms with Crippen LogP contribution in [-0.4, -0.2) is 50.5 Å². The molecule has 0 aliphatic rings. The van der Waals surface area contributed by atoms with Crippen LogP contribution in [0.5, 0.6) is 0 Å². The Morgan fingerprint density at radius 1 is 0.950 bits per heavy atom. The molecule has 3 aromatic carbocycles. The van der Waals surface area contributed by atoms with E-state index in [4.69, 9.17) is 0 Å². The van der Waals surface area contributed by atoms with Crippen molar-refractivity contribution in [2.24, 2.45) is 0 Å². The zero-order valence-electron chi connectivity index (χ0n) is 23.3. The van der Waals surface area contributed by atoms with Crippen molar-refractivity contribution in [2.45, 2.75) is 52.1 Å². The molecule has 0 bridgehead atoms. The van der Waals surface area contributed by atoms with Crippen LogP contribution in [-0.2, 0) is 32.6 Å². The lowest BCUT2D eigenvalue weighted by atomic mass is 10.0. The van der Waals surface area contributed by atoms with Gasteiger partial charge in [-0.2, -0.15) is 0 Å². The summed E-state index contributed by atoms with van der Waals surface area (Å²) in [7, 11) is -3.59. The second-order valence-corrected chi connectivity index (χ2v) is 11.8. The van der Waals surface area contributed by atoms with Gasteiger partial charge in [-0.25, -0.2) is 12.8 Å². The SMILES string of the molecule is CCCNC(=O)C(Cc1ccccc1)N(Cc1ccccc1F)C(=O)CCCN(c1ccc(C)cc1)S(C)(=O)=O. The van der Waals surface area contributed by atoms with Gasteiger partial charge in [0, 0.05) is 38.0 Å². The highest BCUT2D eigenvalue weighted by atomic mass is 32.2. The summed E-state index contributed by atoms with van der Waals surface area (Å²) in [6, 6.07) is 21.8. The van der Waals surface area contributed by atoms with Crippen molar-refractivity contribution >= 4 is 27.5 Å². The number of nitrogens with one attached hydrogen (secondary N) is 1. The maximum atomic E-state index is 14.7. The minimum atomic E-state index is -3.59. The molecule has 0 spiro atoms. The molecule has 1 atom stereocenters. The van der Waals surface area contributed by atoms with Crippen LogP contribution in [0, 0.1) is 12.7 Å². The zero-order chi connectivity index (χ0) is 29.1. The van der Waals surface area contributed by atoms with Gasteiger partial charge in [0.1, 0.15) is 11.9 Å². The maximum Gasteiger partial charge on any atom is 0.243 e. The van der Waals surface area contributed by atoms with E-state index in [0.29, 0.717) is 17.8 Å². The fraction of sp³-hybridized carbons (Fsp3) is 0.355. The third kappa shape index (κ3) is 8.91. The highest BCUT2D eigenvalue weighted by Crippen LogP contribution is 2.21. The van der Waals surface area contributed by atoms with E-state index in [0.717, 1.165) is 23.8 Å². The van der Waals surface area contributed by atoms with Gasteiger partial charge in [-0.1, -0.05) is 73.2 Å². The maximum absolute atomic E-state index is 14.7. The summed E-state index contributed by atoms with van der Waals surface area (Å²) in [5.74, 6) is -1.13. The normalized spacial score (nSPS) is 12.0. The molecule has 214 valence electrons. The van der Waals surface area contributed by atoms with Gasteiger partial charge < -0.3 is 10.2 Å². The van der Waals surface area contributed by atoms with E-state index < -0.39 is 21.9 Å². The predicted molar refractivity (Wildman–Crippen MR) is 157 cm³/mol. The van der Waals surface area contributed by atoms with Gasteiger partial charge in [0.15, 0.2) is 0 Å². The first-order valence-corrected chi connectivity index (χ1v) is 15.3. The van der Waals surface area contributed by atoms with Crippen molar-refractivity contribution in [3.63, 3.8) is 0 Å². The topological polar surface area (TPSA) is 86.8 Å². The molecular weight excluding hydrogens is 529 g/mol. The molecule has 0 fully saturated rings. The van der Waals surface area contributed by atoms with Gasteiger partial charge in [-0.05, 0) is 43.5 Å². The Balaban J connectivity index is 1.87. The minimum absolute atomic E-state index is 0.0152. The molecule has 3 aromatic rings. The lowest BCUT2D eigenvalue weighted by Gasteiger charge is -2.32. The second-order valence-electron chi connectivity index (χ2n) is 9.88. The Bertz CT molecular complexity index is 1360. The predicted octanol–water partition coefficient (Wildman–Crippen LogP) is 4.85. The molecule has 1 unspecified atom stereocenters. The van der Waals surface area contributed by atoms with Crippen LogP contribution in [0.25, 0.3) is 0 Å². The van der Waals surface area contributed by atoms with Gasteiger partial charge >= 0.3 is 0 Å². The van der Waals surface area contributed by atoms with Gasteiger partial charge in [-0.15, -0.1) is 0 Å². The van der Waals surface area contributed by atoms with Crippen LogP contribution in [0.2, 0.25) is 0 Å². The number of carbonyl (C=O) groups excluding carboxylic acids is 2. The molecule has 0 heterocycles.